The second kappa shape index (κ2) is 9.62. The van der Waals surface area contributed by atoms with Gasteiger partial charge in [0.25, 0.3) is 5.91 Å². The summed E-state index contributed by atoms with van der Waals surface area (Å²) in [5.41, 5.74) is 0.510. The van der Waals surface area contributed by atoms with Crippen molar-refractivity contribution in [3.8, 4) is 0 Å². The van der Waals surface area contributed by atoms with Crippen molar-refractivity contribution < 1.29 is 14.7 Å². The molecule has 1 atom stereocenters. The summed E-state index contributed by atoms with van der Waals surface area (Å²) in [6, 6.07) is 12.2. The van der Waals surface area contributed by atoms with E-state index in [1.54, 1.807) is 6.07 Å². The maximum atomic E-state index is 12.6. The highest BCUT2D eigenvalue weighted by Gasteiger charge is 2.21. The first-order valence-corrected chi connectivity index (χ1v) is 8.76. The Morgan fingerprint density at radius 3 is 2.52 bits per heavy atom. The monoisotopic (exact) mass is 339 g/mol. The molecule has 132 valence electrons. The number of hydrogen-bond acceptors (Lipinski definition) is 2. The topological polar surface area (TPSA) is 66.4 Å². The number of carboxylic acid groups (broad SMARTS) is 1. The van der Waals surface area contributed by atoms with Gasteiger partial charge in [0, 0.05) is 5.56 Å². The zero-order chi connectivity index (χ0) is 18.1. The number of benzene rings is 2. The first kappa shape index (κ1) is 18.7. The third-order valence-corrected chi connectivity index (χ3v) is 4.29. The molecular weight excluding hydrogens is 314 g/mol. The fourth-order valence-corrected chi connectivity index (χ4v) is 2.91. The first-order valence-electron chi connectivity index (χ1n) is 8.76. The van der Waals surface area contributed by atoms with Crippen molar-refractivity contribution in [2.75, 3.05) is 0 Å². The van der Waals surface area contributed by atoms with Crippen molar-refractivity contribution in [2.24, 2.45) is 0 Å². The molecule has 0 aliphatic carbocycles. The number of aliphatic carboxylic acids is 1. The van der Waals surface area contributed by atoms with Gasteiger partial charge in [-0.2, -0.15) is 0 Å². The van der Waals surface area contributed by atoms with Crippen molar-refractivity contribution in [2.45, 2.75) is 44.6 Å². The number of amides is 1. The van der Waals surface area contributed by atoms with Gasteiger partial charge in [-0.1, -0.05) is 61.7 Å². The lowest BCUT2D eigenvalue weighted by Crippen LogP contribution is -2.40. The van der Waals surface area contributed by atoms with E-state index in [0.29, 0.717) is 12.0 Å². The predicted molar refractivity (Wildman–Crippen MR) is 101 cm³/mol. The summed E-state index contributed by atoms with van der Waals surface area (Å²) in [5.74, 6) is -1.32. The van der Waals surface area contributed by atoms with Crippen molar-refractivity contribution in [1.82, 2.24) is 5.32 Å². The molecule has 0 aromatic heterocycles. The van der Waals surface area contributed by atoms with Crippen LogP contribution in [0.3, 0.4) is 0 Å². The zero-order valence-electron chi connectivity index (χ0n) is 14.4. The zero-order valence-corrected chi connectivity index (χ0v) is 14.4. The summed E-state index contributed by atoms with van der Waals surface area (Å²) in [7, 11) is 0. The molecule has 1 amide bonds. The maximum absolute atomic E-state index is 12.6. The molecule has 0 heterocycles. The molecule has 4 nitrogen and oxygen atoms in total. The third kappa shape index (κ3) is 5.45. The van der Waals surface area contributed by atoms with E-state index in [2.05, 4.69) is 11.9 Å². The fraction of sp³-hybridized carbons (Fsp3) is 0.333. The number of fused-ring (bicyclic) bond motifs is 1. The van der Waals surface area contributed by atoms with Crippen molar-refractivity contribution in [3.05, 3.63) is 60.7 Å². The Bertz CT molecular complexity index is 734. The van der Waals surface area contributed by atoms with Crippen LogP contribution in [0.25, 0.3) is 10.8 Å². The minimum absolute atomic E-state index is 0.337. The second-order valence-electron chi connectivity index (χ2n) is 6.17. The second-order valence-corrected chi connectivity index (χ2v) is 6.17. The number of carbonyl (C=O) groups is 2. The predicted octanol–water partition coefficient (Wildman–Crippen LogP) is 4.55. The Morgan fingerprint density at radius 1 is 1.04 bits per heavy atom. The SMILES string of the molecule is C=CCCCCCC[C@H](NC(=O)c1cccc2ccccc12)C(=O)O. The highest BCUT2D eigenvalue weighted by Crippen LogP contribution is 2.19. The van der Waals surface area contributed by atoms with Gasteiger partial charge < -0.3 is 10.4 Å². The van der Waals surface area contributed by atoms with Gasteiger partial charge in [-0.3, -0.25) is 4.79 Å². The van der Waals surface area contributed by atoms with E-state index < -0.39 is 12.0 Å². The van der Waals surface area contributed by atoms with E-state index in [4.69, 9.17) is 0 Å². The van der Waals surface area contributed by atoms with E-state index in [1.807, 2.05) is 42.5 Å². The first-order chi connectivity index (χ1) is 12.1. The minimum atomic E-state index is -0.986. The molecule has 2 aromatic rings. The quantitative estimate of drug-likeness (QED) is 0.493. The smallest absolute Gasteiger partial charge is 0.326 e. The molecule has 0 fully saturated rings. The standard InChI is InChI=1S/C21H25NO3/c1-2-3-4-5-6-7-15-19(21(24)25)22-20(23)18-14-10-12-16-11-8-9-13-17(16)18/h2,8-14,19H,1,3-7,15H2,(H,22,23)(H,24,25)/t19-/m0/s1. The van der Waals surface area contributed by atoms with Crippen LogP contribution in [0.5, 0.6) is 0 Å². The molecule has 0 spiro atoms. The number of nitrogens with one attached hydrogen (secondary N) is 1. The van der Waals surface area contributed by atoms with Gasteiger partial charge >= 0.3 is 5.97 Å². The van der Waals surface area contributed by atoms with Crippen LogP contribution >= 0.6 is 0 Å². The molecule has 4 heteroatoms. The Hall–Kier alpha value is -2.62. The summed E-state index contributed by atoms with van der Waals surface area (Å²) in [6.45, 7) is 3.69. The highest BCUT2D eigenvalue weighted by molar-refractivity contribution is 6.07. The van der Waals surface area contributed by atoms with Crippen molar-refractivity contribution in [3.63, 3.8) is 0 Å². The Balaban J connectivity index is 1.97. The van der Waals surface area contributed by atoms with E-state index in [0.717, 1.165) is 42.9 Å². The molecule has 2 aromatic carbocycles. The van der Waals surface area contributed by atoms with Crippen LogP contribution < -0.4 is 5.32 Å². The van der Waals surface area contributed by atoms with Crippen LogP contribution in [0.15, 0.2) is 55.1 Å². The van der Waals surface area contributed by atoms with Gasteiger partial charge in [-0.05, 0) is 36.1 Å². The Labute approximate surface area is 148 Å². The summed E-state index contributed by atoms with van der Waals surface area (Å²) >= 11 is 0. The van der Waals surface area contributed by atoms with Gasteiger partial charge in [0.1, 0.15) is 6.04 Å². The van der Waals surface area contributed by atoms with Crippen LogP contribution in [0, 0.1) is 0 Å². The minimum Gasteiger partial charge on any atom is -0.480 e. The molecule has 0 saturated carbocycles. The number of unbranched alkanes of at least 4 members (excludes halogenated alkanes) is 4. The van der Waals surface area contributed by atoms with Crippen LogP contribution in [0.2, 0.25) is 0 Å². The number of carbonyl (C=O) groups excluding carboxylic acids is 1. The van der Waals surface area contributed by atoms with Crippen LogP contribution in [-0.4, -0.2) is 23.0 Å². The lowest BCUT2D eigenvalue weighted by atomic mass is 10.0. The van der Waals surface area contributed by atoms with E-state index in [1.165, 1.54) is 0 Å². The fourth-order valence-electron chi connectivity index (χ4n) is 2.91. The van der Waals surface area contributed by atoms with Crippen molar-refractivity contribution >= 4 is 22.6 Å². The Kier molecular flexibility index (Phi) is 7.20. The molecule has 0 radical (unpaired) electrons. The normalized spacial score (nSPS) is 11.8. The highest BCUT2D eigenvalue weighted by atomic mass is 16.4. The van der Waals surface area contributed by atoms with E-state index >= 15 is 0 Å². The molecule has 2 N–H and O–H groups in total. The molecule has 0 unspecified atom stereocenters. The van der Waals surface area contributed by atoms with Crippen LogP contribution in [0.4, 0.5) is 0 Å². The third-order valence-electron chi connectivity index (χ3n) is 4.29. The number of hydrogen-bond donors (Lipinski definition) is 2. The summed E-state index contributed by atoms with van der Waals surface area (Å²) < 4.78 is 0. The molecule has 0 aliphatic heterocycles. The number of allylic oxidation sites excluding steroid dienone is 1. The van der Waals surface area contributed by atoms with Gasteiger partial charge in [-0.15, -0.1) is 6.58 Å². The van der Waals surface area contributed by atoms with E-state index in [-0.39, 0.29) is 5.91 Å². The van der Waals surface area contributed by atoms with Gasteiger partial charge in [0.05, 0.1) is 0 Å². The number of rotatable bonds is 10. The van der Waals surface area contributed by atoms with Crippen LogP contribution in [0.1, 0.15) is 48.9 Å². The average Bonchev–Trinajstić information content (AvgIpc) is 2.62. The van der Waals surface area contributed by atoms with E-state index in [9.17, 15) is 14.7 Å². The largest absolute Gasteiger partial charge is 0.480 e. The van der Waals surface area contributed by atoms with Gasteiger partial charge in [0.2, 0.25) is 0 Å². The lowest BCUT2D eigenvalue weighted by Gasteiger charge is -2.15. The summed E-state index contributed by atoms with van der Waals surface area (Å²) in [4.78, 5) is 24.0. The van der Waals surface area contributed by atoms with Gasteiger partial charge in [0.15, 0.2) is 0 Å². The lowest BCUT2D eigenvalue weighted by molar-refractivity contribution is -0.139. The summed E-state index contributed by atoms with van der Waals surface area (Å²) in [5, 5.41) is 13.9. The molecule has 0 bridgehead atoms. The van der Waals surface area contributed by atoms with Gasteiger partial charge in [-0.25, -0.2) is 4.79 Å². The molecule has 2 rings (SSSR count). The van der Waals surface area contributed by atoms with Crippen molar-refractivity contribution in [1.29, 1.82) is 0 Å². The number of carboxylic acids is 1. The molecule has 0 saturated heterocycles. The Morgan fingerprint density at radius 2 is 1.76 bits per heavy atom. The molecular formula is C21H25NO3. The summed E-state index contributed by atoms with van der Waals surface area (Å²) in [6.07, 6.45) is 7.19. The molecule has 0 aliphatic rings. The molecule has 25 heavy (non-hydrogen) atoms. The van der Waals surface area contributed by atoms with Crippen LogP contribution in [-0.2, 0) is 4.79 Å². The maximum Gasteiger partial charge on any atom is 0.326 e. The average molecular weight is 339 g/mol.